The monoisotopic (exact) mass is 498 g/mol. The SMILES string of the molecule is CCOC(=O)c1c(NC(=S)Nc2c(C)n(C)n(-c3ccccc3)c2=O)sc2c1CCCCCC2. The van der Waals surface area contributed by atoms with Gasteiger partial charge in [0.2, 0.25) is 0 Å². The number of aromatic nitrogens is 2. The molecule has 0 radical (unpaired) electrons. The average molecular weight is 499 g/mol. The standard InChI is InChI=1S/C25H30N4O3S2/c1-4-32-24(31)20-18-14-10-5-6-11-15-19(18)34-22(20)27-25(33)26-21-16(2)28(3)29(23(21)30)17-12-8-7-9-13-17/h7-9,12-13H,4-6,10-11,14-15H2,1-3H3,(H2,26,27,33). The second kappa shape index (κ2) is 10.6. The van der Waals surface area contributed by atoms with Gasteiger partial charge in [-0.05, 0) is 69.4 Å². The predicted molar refractivity (Wildman–Crippen MR) is 142 cm³/mol. The Bertz CT molecular complexity index is 1260. The molecule has 1 aliphatic carbocycles. The van der Waals surface area contributed by atoms with Crippen molar-refractivity contribution >= 4 is 45.3 Å². The zero-order valence-electron chi connectivity index (χ0n) is 19.8. The molecule has 0 bridgehead atoms. The fraction of sp³-hybridized carbons (Fsp3) is 0.400. The third kappa shape index (κ3) is 4.81. The number of nitrogens with zero attached hydrogens (tertiary/aromatic N) is 2. The Balaban J connectivity index is 1.63. The lowest BCUT2D eigenvalue weighted by Gasteiger charge is -2.12. The van der Waals surface area contributed by atoms with Gasteiger partial charge in [-0.1, -0.05) is 31.0 Å². The molecule has 3 aromatic rings. The van der Waals surface area contributed by atoms with Gasteiger partial charge >= 0.3 is 5.97 Å². The van der Waals surface area contributed by atoms with Gasteiger partial charge in [-0.3, -0.25) is 9.48 Å². The molecule has 7 nitrogen and oxygen atoms in total. The van der Waals surface area contributed by atoms with Crippen LogP contribution in [-0.4, -0.2) is 27.1 Å². The van der Waals surface area contributed by atoms with Gasteiger partial charge in [0, 0.05) is 11.9 Å². The minimum absolute atomic E-state index is 0.195. The van der Waals surface area contributed by atoms with Crippen LogP contribution >= 0.6 is 23.6 Å². The fourth-order valence-corrected chi connectivity index (χ4v) is 5.94. The highest BCUT2D eigenvalue weighted by molar-refractivity contribution is 7.80. The molecule has 2 aromatic heterocycles. The van der Waals surface area contributed by atoms with E-state index in [0.717, 1.165) is 42.6 Å². The summed E-state index contributed by atoms with van der Waals surface area (Å²) in [5.74, 6) is -0.326. The molecule has 0 fully saturated rings. The number of carbonyl (C=O) groups is 1. The Labute approximate surface area is 208 Å². The van der Waals surface area contributed by atoms with Crippen LogP contribution < -0.4 is 16.2 Å². The van der Waals surface area contributed by atoms with Crippen LogP contribution in [0.5, 0.6) is 0 Å². The van der Waals surface area contributed by atoms with Crippen LogP contribution in [0, 0.1) is 6.92 Å². The number of aryl methyl sites for hydroxylation is 1. The first-order chi connectivity index (χ1) is 16.4. The van der Waals surface area contributed by atoms with Crippen molar-refractivity contribution in [2.45, 2.75) is 52.4 Å². The highest BCUT2D eigenvalue weighted by atomic mass is 32.1. The third-order valence-electron chi connectivity index (χ3n) is 6.17. The van der Waals surface area contributed by atoms with Crippen LogP contribution in [0.3, 0.4) is 0 Å². The first-order valence-electron chi connectivity index (χ1n) is 11.7. The molecule has 34 heavy (non-hydrogen) atoms. The van der Waals surface area contributed by atoms with Crippen molar-refractivity contribution in [3.8, 4) is 5.69 Å². The lowest BCUT2D eigenvalue weighted by atomic mass is 9.96. The van der Waals surface area contributed by atoms with Gasteiger partial charge in [-0.25, -0.2) is 9.48 Å². The lowest BCUT2D eigenvalue weighted by molar-refractivity contribution is 0.0526. The van der Waals surface area contributed by atoms with E-state index in [4.69, 9.17) is 17.0 Å². The van der Waals surface area contributed by atoms with Gasteiger partial charge in [0.25, 0.3) is 5.56 Å². The quantitative estimate of drug-likeness (QED) is 0.372. The first-order valence-corrected chi connectivity index (χ1v) is 12.9. The first kappa shape index (κ1) is 24.2. The molecular weight excluding hydrogens is 468 g/mol. The van der Waals surface area contributed by atoms with Crippen LogP contribution in [0.15, 0.2) is 35.1 Å². The molecule has 0 spiro atoms. The molecule has 0 aliphatic heterocycles. The highest BCUT2D eigenvalue weighted by Gasteiger charge is 2.26. The number of fused-ring (bicyclic) bond motifs is 1. The van der Waals surface area contributed by atoms with Crippen molar-refractivity contribution in [3.05, 3.63) is 62.4 Å². The van der Waals surface area contributed by atoms with E-state index in [9.17, 15) is 9.59 Å². The Morgan fingerprint density at radius 3 is 2.53 bits per heavy atom. The summed E-state index contributed by atoms with van der Waals surface area (Å²) in [6.45, 7) is 3.99. The number of anilines is 2. The Kier molecular flexibility index (Phi) is 7.53. The summed E-state index contributed by atoms with van der Waals surface area (Å²) in [6, 6.07) is 9.46. The largest absolute Gasteiger partial charge is 0.462 e. The zero-order valence-corrected chi connectivity index (χ0v) is 21.4. The number of benzene rings is 1. The number of carbonyl (C=O) groups excluding carboxylic acids is 1. The normalized spacial score (nSPS) is 13.5. The van der Waals surface area contributed by atoms with Crippen LogP contribution in [0.2, 0.25) is 0 Å². The molecular formula is C25H30N4O3S2. The lowest BCUT2D eigenvalue weighted by Crippen LogP contribution is -2.25. The van der Waals surface area contributed by atoms with E-state index in [0.29, 0.717) is 22.9 Å². The van der Waals surface area contributed by atoms with E-state index in [1.807, 2.05) is 51.2 Å². The number of hydrogen-bond acceptors (Lipinski definition) is 5. The molecule has 2 heterocycles. The zero-order chi connectivity index (χ0) is 24.2. The molecule has 1 aromatic carbocycles. The molecule has 0 saturated heterocycles. The molecule has 2 N–H and O–H groups in total. The van der Waals surface area contributed by atoms with E-state index in [2.05, 4.69) is 10.6 Å². The maximum absolute atomic E-state index is 13.2. The average Bonchev–Trinajstić information content (AvgIpc) is 3.23. The maximum Gasteiger partial charge on any atom is 0.341 e. The van der Waals surface area contributed by atoms with Crippen molar-refractivity contribution in [2.24, 2.45) is 7.05 Å². The summed E-state index contributed by atoms with van der Waals surface area (Å²) < 4.78 is 8.77. The van der Waals surface area contributed by atoms with Crippen molar-refractivity contribution < 1.29 is 9.53 Å². The highest BCUT2D eigenvalue weighted by Crippen LogP contribution is 2.37. The molecule has 9 heteroatoms. The third-order valence-corrected chi connectivity index (χ3v) is 7.58. The Morgan fingerprint density at radius 2 is 1.82 bits per heavy atom. The minimum atomic E-state index is -0.326. The Hall–Kier alpha value is -2.91. The number of esters is 1. The number of thiocarbonyl (C=S) groups is 1. The summed E-state index contributed by atoms with van der Waals surface area (Å²) in [5, 5.41) is 7.23. The summed E-state index contributed by atoms with van der Waals surface area (Å²) in [4.78, 5) is 27.3. The van der Waals surface area contributed by atoms with Gasteiger partial charge in [-0.15, -0.1) is 11.3 Å². The predicted octanol–water partition coefficient (Wildman–Crippen LogP) is 5.19. The number of para-hydroxylation sites is 1. The van der Waals surface area contributed by atoms with Gasteiger partial charge in [-0.2, -0.15) is 0 Å². The van der Waals surface area contributed by atoms with E-state index in [-0.39, 0.29) is 16.6 Å². The van der Waals surface area contributed by atoms with Crippen molar-refractivity contribution in [3.63, 3.8) is 0 Å². The molecule has 0 amide bonds. The van der Waals surface area contributed by atoms with E-state index < -0.39 is 0 Å². The van der Waals surface area contributed by atoms with Gasteiger partial charge in [0.05, 0.1) is 23.6 Å². The van der Waals surface area contributed by atoms with E-state index in [1.165, 1.54) is 17.7 Å². The molecule has 0 saturated carbocycles. The number of ether oxygens (including phenoxy) is 1. The molecule has 1 aliphatic rings. The summed E-state index contributed by atoms with van der Waals surface area (Å²) in [5.41, 5.74) is 3.39. The van der Waals surface area contributed by atoms with Gasteiger partial charge < -0.3 is 15.4 Å². The molecule has 180 valence electrons. The van der Waals surface area contributed by atoms with Crippen molar-refractivity contribution in [1.29, 1.82) is 0 Å². The number of hydrogen-bond donors (Lipinski definition) is 2. The van der Waals surface area contributed by atoms with Gasteiger partial charge in [0.1, 0.15) is 10.7 Å². The summed E-state index contributed by atoms with van der Waals surface area (Å²) in [6.07, 6.45) is 6.35. The van der Waals surface area contributed by atoms with E-state index in [1.54, 1.807) is 20.7 Å². The second-order valence-electron chi connectivity index (χ2n) is 8.36. The van der Waals surface area contributed by atoms with Crippen molar-refractivity contribution in [1.82, 2.24) is 9.36 Å². The van der Waals surface area contributed by atoms with Crippen LogP contribution in [0.1, 0.15) is 59.1 Å². The van der Waals surface area contributed by atoms with E-state index >= 15 is 0 Å². The summed E-state index contributed by atoms with van der Waals surface area (Å²) >= 11 is 7.15. The molecule has 0 unspecified atom stereocenters. The second-order valence-corrected chi connectivity index (χ2v) is 9.87. The number of rotatable bonds is 5. The number of nitrogens with one attached hydrogen (secondary N) is 2. The van der Waals surface area contributed by atoms with Crippen LogP contribution in [0.25, 0.3) is 5.69 Å². The van der Waals surface area contributed by atoms with Gasteiger partial charge in [0.15, 0.2) is 5.11 Å². The molecule has 0 atom stereocenters. The summed E-state index contributed by atoms with van der Waals surface area (Å²) in [7, 11) is 1.84. The fourth-order valence-electron chi connectivity index (χ4n) is 4.39. The molecule has 4 rings (SSSR count). The maximum atomic E-state index is 13.2. The smallest absolute Gasteiger partial charge is 0.341 e. The number of thiophene rings is 1. The van der Waals surface area contributed by atoms with Crippen molar-refractivity contribution in [2.75, 3.05) is 17.2 Å². The topological polar surface area (TPSA) is 77.3 Å². The Morgan fingerprint density at radius 1 is 1.12 bits per heavy atom. The van der Waals surface area contributed by atoms with Crippen LogP contribution in [0.4, 0.5) is 10.7 Å². The van der Waals surface area contributed by atoms with Crippen LogP contribution in [-0.2, 0) is 24.6 Å². The minimum Gasteiger partial charge on any atom is -0.462 e.